The summed E-state index contributed by atoms with van der Waals surface area (Å²) < 4.78 is 0. The SMILES string of the molecule is C[CH-]C(C)C=O.[W]. The predicted octanol–water partition coefficient (Wildman–Crippen LogP) is 1.04. The second-order valence-corrected chi connectivity index (χ2v) is 1.33. The maximum absolute atomic E-state index is 9.70. The van der Waals surface area contributed by atoms with Crippen LogP contribution in [0.5, 0.6) is 0 Å². The van der Waals surface area contributed by atoms with E-state index in [0.29, 0.717) is 0 Å². The first-order valence-corrected chi connectivity index (χ1v) is 2.06. The molecule has 1 nitrogen and oxygen atoms in total. The Morgan fingerprint density at radius 1 is 1.71 bits per heavy atom. The van der Waals surface area contributed by atoms with Crippen molar-refractivity contribution >= 4 is 6.29 Å². The van der Waals surface area contributed by atoms with Gasteiger partial charge in [-0.25, -0.2) is 0 Å². The van der Waals surface area contributed by atoms with Gasteiger partial charge in [-0.05, 0) is 0 Å². The van der Waals surface area contributed by atoms with Gasteiger partial charge < -0.3 is 11.2 Å². The van der Waals surface area contributed by atoms with Crippen molar-refractivity contribution in [2.75, 3.05) is 0 Å². The zero-order valence-corrected chi connectivity index (χ0v) is 7.48. The van der Waals surface area contributed by atoms with Crippen molar-refractivity contribution in [1.82, 2.24) is 0 Å². The van der Waals surface area contributed by atoms with E-state index in [1.165, 1.54) is 0 Å². The van der Waals surface area contributed by atoms with Crippen LogP contribution in [0.1, 0.15) is 13.8 Å². The van der Waals surface area contributed by atoms with Crippen LogP contribution in [0.15, 0.2) is 0 Å². The third kappa shape index (κ3) is 6.36. The van der Waals surface area contributed by atoms with Gasteiger partial charge in [0.25, 0.3) is 0 Å². The topological polar surface area (TPSA) is 17.1 Å². The van der Waals surface area contributed by atoms with Crippen molar-refractivity contribution in [1.29, 1.82) is 0 Å². The zero-order valence-electron chi connectivity index (χ0n) is 4.55. The zero-order chi connectivity index (χ0) is 4.99. The molecule has 0 spiro atoms. The molecule has 0 saturated carbocycles. The van der Waals surface area contributed by atoms with Crippen LogP contribution >= 0.6 is 0 Å². The molecule has 0 aromatic heterocycles. The van der Waals surface area contributed by atoms with E-state index in [0.717, 1.165) is 6.29 Å². The number of rotatable bonds is 2. The van der Waals surface area contributed by atoms with E-state index in [9.17, 15) is 4.79 Å². The smallest absolute Gasteiger partial charge is 0.0927 e. The molecule has 42 valence electrons. The summed E-state index contributed by atoms with van der Waals surface area (Å²) in [5.74, 6) is 0.130. The Morgan fingerprint density at radius 3 is 2.14 bits per heavy atom. The van der Waals surface area contributed by atoms with Gasteiger partial charge in [0.1, 0.15) is 0 Å². The molecule has 0 bridgehead atoms. The average Bonchev–Trinajstić information content (AvgIpc) is 1.65. The summed E-state index contributed by atoms with van der Waals surface area (Å²) in [6.07, 6.45) is 2.77. The van der Waals surface area contributed by atoms with Crippen LogP contribution in [-0.4, -0.2) is 6.29 Å². The van der Waals surface area contributed by atoms with Gasteiger partial charge in [-0.2, -0.15) is 6.92 Å². The van der Waals surface area contributed by atoms with Gasteiger partial charge in [0, 0.05) is 21.1 Å². The van der Waals surface area contributed by atoms with Crippen LogP contribution in [0.3, 0.4) is 0 Å². The molecule has 1 atom stereocenters. The summed E-state index contributed by atoms with van der Waals surface area (Å²) in [4.78, 5) is 9.70. The number of hydrogen-bond donors (Lipinski definition) is 0. The monoisotopic (exact) mass is 269 g/mol. The predicted molar refractivity (Wildman–Crippen MR) is 25.2 cm³/mol. The summed E-state index contributed by atoms with van der Waals surface area (Å²) in [7, 11) is 0. The van der Waals surface area contributed by atoms with Crippen LogP contribution < -0.4 is 0 Å². The molecule has 0 saturated heterocycles. The van der Waals surface area contributed by atoms with E-state index in [4.69, 9.17) is 0 Å². The first kappa shape index (κ1) is 10.4. The molecule has 0 N–H and O–H groups in total. The second-order valence-electron chi connectivity index (χ2n) is 1.33. The molecule has 0 aliphatic carbocycles. The Morgan fingerprint density at radius 2 is 2.14 bits per heavy atom. The van der Waals surface area contributed by atoms with Gasteiger partial charge in [-0.15, -0.1) is 5.92 Å². The van der Waals surface area contributed by atoms with E-state index in [1.807, 2.05) is 20.3 Å². The molecule has 0 aliphatic heterocycles. The molecule has 0 aromatic carbocycles. The third-order valence-corrected chi connectivity index (χ3v) is 0.740. The third-order valence-electron chi connectivity index (χ3n) is 0.740. The molecular formula is C5H9OW-. The van der Waals surface area contributed by atoms with Crippen LogP contribution in [0.25, 0.3) is 0 Å². The van der Waals surface area contributed by atoms with Crippen molar-refractivity contribution in [3.63, 3.8) is 0 Å². The van der Waals surface area contributed by atoms with Crippen molar-refractivity contribution in [3.8, 4) is 0 Å². The Kier molecular flexibility index (Phi) is 9.41. The molecule has 0 fully saturated rings. The van der Waals surface area contributed by atoms with Gasteiger partial charge in [0.15, 0.2) is 0 Å². The summed E-state index contributed by atoms with van der Waals surface area (Å²) in [5, 5.41) is 0. The Balaban J connectivity index is 0. The van der Waals surface area contributed by atoms with Gasteiger partial charge in [0.05, 0.1) is 6.29 Å². The molecule has 1 unspecified atom stereocenters. The van der Waals surface area contributed by atoms with Crippen LogP contribution in [0.2, 0.25) is 0 Å². The van der Waals surface area contributed by atoms with E-state index in [1.54, 1.807) is 0 Å². The van der Waals surface area contributed by atoms with Gasteiger partial charge >= 0.3 is 0 Å². The minimum Gasteiger partial charge on any atom is -0.322 e. The standard InChI is InChI=1S/C5H9O.W/c1-3-5(2)4-6;/h3-5H,1-2H3;/q-1;. The molecule has 0 aliphatic rings. The molecular weight excluding hydrogens is 260 g/mol. The number of aldehydes is 1. The minimum atomic E-state index is 0. The second kappa shape index (κ2) is 6.36. The molecule has 2 heteroatoms. The Hall–Kier alpha value is 0.358. The van der Waals surface area contributed by atoms with Crippen LogP contribution in [0, 0.1) is 12.3 Å². The molecule has 0 aromatic rings. The summed E-state index contributed by atoms with van der Waals surface area (Å²) in [6, 6.07) is 0. The molecule has 0 heterocycles. The minimum absolute atomic E-state index is 0. The van der Waals surface area contributed by atoms with E-state index in [2.05, 4.69) is 0 Å². The fraction of sp³-hybridized carbons (Fsp3) is 0.600. The van der Waals surface area contributed by atoms with Crippen molar-refractivity contribution < 1.29 is 25.9 Å². The Labute approximate surface area is 58.7 Å². The van der Waals surface area contributed by atoms with Crippen LogP contribution in [0.4, 0.5) is 0 Å². The fourth-order valence-corrected chi connectivity index (χ4v) is 0.0786. The number of hydrogen-bond acceptors (Lipinski definition) is 1. The van der Waals surface area contributed by atoms with Crippen molar-refractivity contribution in [2.24, 2.45) is 5.92 Å². The van der Waals surface area contributed by atoms with Gasteiger partial charge in [0.2, 0.25) is 0 Å². The first-order valence-electron chi connectivity index (χ1n) is 2.06. The van der Waals surface area contributed by atoms with Gasteiger partial charge in [-0.1, -0.05) is 6.92 Å². The van der Waals surface area contributed by atoms with E-state index < -0.39 is 0 Å². The molecule has 0 rings (SSSR count). The Bertz CT molecular complexity index is 45.3. The quantitative estimate of drug-likeness (QED) is 0.540. The van der Waals surface area contributed by atoms with Gasteiger partial charge in [-0.3, -0.25) is 0 Å². The molecule has 7 heavy (non-hydrogen) atoms. The number of carbonyl (C=O) groups is 1. The summed E-state index contributed by atoms with van der Waals surface area (Å²) in [6.45, 7) is 3.73. The molecule has 0 radical (unpaired) electrons. The van der Waals surface area contributed by atoms with E-state index in [-0.39, 0.29) is 27.0 Å². The maximum Gasteiger partial charge on any atom is 0.0927 e. The van der Waals surface area contributed by atoms with E-state index >= 15 is 0 Å². The van der Waals surface area contributed by atoms with Crippen LogP contribution in [-0.2, 0) is 25.9 Å². The number of carbonyl (C=O) groups excluding carboxylic acids is 1. The summed E-state index contributed by atoms with van der Waals surface area (Å²) >= 11 is 0. The van der Waals surface area contributed by atoms with Crippen molar-refractivity contribution in [3.05, 3.63) is 6.42 Å². The molecule has 0 amide bonds. The summed E-state index contributed by atoms with van der Waals surface area (Å²) in [5.41, 5.74) is 0. The van der Waals surface area contributed by atoms with Crippen molar-refractivity contribution in [2.45, 2.75) is 13.8 Å². The first-order chi connectivity index (χ1) is 2.81. The maximum atomic E-state index is 9.70. The average molecular weight is 269 g/mol. The largest absolute Gasteiger partial charge is 0.322 e. The normalized spacial score (nSPS) is 11.7. The fourth-order valence-electron chi connectivity index (χ4n) is 0.0786.